The molecule has 118 valence electrons. The van der Waals surface area contributed by atoms with Crippen molar-refractivity contribution in [2.75, 3.05) is 13.6 Å². The van der Waals surface area contributed by atoms with Gasteiger partial charge in [-0.2, -0.15) is 5.26 Å². The normalized spacial score (nSPS) is 16.9. The first-order valence-corrected chi connectivity index (χ1v) is 7.98. The van der Waals surface area contributed by atoms with Gasteiger partial charge in [-0.05, 0) is 50.9 Å². The lowest BCUT2D eigenvalue weighted by Gasteiger charge is -2.25. The number of benzene rings is 1. The molecule has 1 aromatic rings. The van der Waals surface area contributed by atoms with Crippen LogP contribution in [0, 0.1) is 23.1 Å². The van der Waals surface area contributed by atoms with Gasteiger partial charge in [-0.1, -0.05) is 15.9 Å². The van der Waals surface area contributed by atoms with Crippen molar-refractivity contribution in [3.05, 3.63) is 34.1 Å². The first kappa shape index (κ1) is 16.9. The van der Waals surface area contributed by atoms with Crippen molar-refractivity contribution in [3.63, 3.8) is 0 Å². The molecule has 0 aromatic heterocycles. The number of carbonyl (C=O) groups excluding carboxylic acids is 1. The van der Waals surface area contributed by atoms with Gasteiger partial charge >= 0.3 is 0 Å². The molecule has 4 nitrogen and oxygen atoms in total. The van der Waals surface area contributed by atoms with Crippen molar-refractivity contribution >= 4 is 21.8 Å². The SMILES string of the molecule is CN(CC(=O)N[C@](C)(C#N)C1CC1)Cc1cc(Br)ccc1F. The molecule has 0 radical (unpaired) electrons. The minimum Gasteiger partial charge on any atom is -0.337 e. The number of rotatable bonds is 6. The van der Waals surface area contributed by atoms with Crippen LogP contribution in [0.3, 0.4) is 0 Å². The van der Waals surface area contributed by atoms with E-state index in [0.29, 0.717) is 12.1 Å². The maximum absolute atomic E-state index is 13.7. The van der Waals surface area contributed by atoms with Gasteiger partial charge in [-0.3, -0.25) is 9.69 Å². The monoisotopic (exact) mass is 367 g/mol. The summed E-state index contributed by atoms with van der Waals surface area (Å²) in [7, 11) is 1.75. The van der Waals surface area contributed by atoms with E-state index in [9.17, 15) is 14.4 Å². The molecule has 1 amide bonds. The Bertz CT molecular complexity index is 612. The summed E-state index contributed by atoms with van der Waals surface area (Å²) in [5.74, 6) is -0.265. The highest BCUT2D eigenvalue weighted by atomic mass is 79.9. The smallest absolute Gasteiger partial charge is 0.235 e. The molecule has 1 atom stereocenters. The average molecular weight is 368 g/mol. The molecular formula is C16H19BrFN3O. The molecule has 6 heteroatoms. The van der Waals surface area contributed by atoms with E-state index in [1.165, 1.54) is 6.07 Å². The highest BCUT2D eigenvalue weighted by Gasteiger charge is 2.43. The van der Waals surface area contributed by atoms with Gasteiger partial charge in [0.25, 0.3) is 0 Å². The first-order chi connectivity index (χ1) is 10.3. The van der Waals surface area contributed by atoms with Crippen LogP contribution in [0.2, 0.25) is 0 Å². The van der Waals surface area contributed by atoms with E-state index in [-0.39, 0.29) is 24.2 Å². The highest BCUT2D eigenvalue weighted by molar-refractivity contribution is 9.10. The third-order valence-electron chi connectivity index (χ3n) is 3.89. The number of likely N-dealkylation sites (N-methyl/N-ethyl adjacent to an activating group) is 1. The number of nitriles is 1. The quantitative estimate of drug-likeness (QED) is 0.840. The lowest BCUT2D eigenvalue weighted by molar-refractivity contribution is -0.123. The second-order valence-electron chi connectivity index (χ2n) is 6.04. The van der Waals surface area contributed by atoms with E-state index in [2.05, 4.69) is 27.3 Å². The molecule has 0 heterocycles. The molecule has 1 aliphatic rings. The summed E-state index contributed by atoms with van der Waals surface area (Å²) in [6.45, 7) is 2.21. The van der Waals surface area contributed by atoms with Crippen molar-refractivity contribution in [2.45, 2.75) is 31.8 Å². The molecule has 22 heavy (non-hydrogen) atoms. The van der Waals surface area contributed by atoms with Gasteiger partial charge in [-0.15, -0.1) is 0 Å². The molecule has 0 aliphatic heterocycles. The Morgan fingerprint density at radius 3 is 2.86 bits per heavy atom. The number of hydrogen-bond donors (Lipinski definition) is 1. The second-order valence-corrected chi connectivity index (χ2v) is 6.96. The van der Waals surface area contributed by atoms with Crippen LogP contribution in [0.15, 0.2) is 22.7 Å². The predicted octanol–water partition coefficient (Wildman–Crippen LogP) is 2.83. The van der Waals surface area contributed by atoms with Crippen LogP contribution >= 0.6 is 15.9 Å². The summed E-state index contributed by atoms with van der Waals surface area (Å²) in [4.78, 5) is 13.8. The molecule has 0 bridgehead atoms. The van der Waals surface area contributed by atoms with Crippen molar-refractivity contribution in [2.24, 2.45) is 5.92 Å². The zero-order valence-corrected chi connectivity index (χ0v) is 14.3. The van der Waals surface area contributed by atoms with Crippen molar-refractivity contribution in [1.82, 2.24) is 10.2 Å². The topological polar surface area (TPSA) is 56.1 Å². The van der Waals surface area contributed by atoms with E-state index in [1.807, 2.05) is 0 Å². The molecule has 0 spiro atoms. The van der Waals surface area contributed by atoms with Crippen LogP contribution in [-0.4, -0.2) is 29.9 Å². The number of halogens is 2. The fourth-order valence-corrected chi connectivity index (χ4v) is 2.88. The minimum absolute atomic E-state index is 0.121. The summed E-state index contributed by atoms with van der Waals surface area (Å²) in [5, 5.41) is 12.1. The summed E-state index contributed by atoms with van der Waals surface area (Å²) in [6, 6.07) is 6.93. The number of hydrogen-bond acceptors (Lipinski definition) is 3. The maximum atomic E-state index is 13.7. The summed E-state index contributed by atoms with van der Waals surface area (Å²) in [6.07, 6.45) is 1.95. The Hall–Kier alpha value is -1.45. The Morgan fingerprint density at radius 1 is 1.59 bits per heavy atom. The van der Waals surface area contributed by atoms with Crippen molar-refractivity contribution in [1.29, 1.82) is 5.26 Å². The molecule has 1 fully saturated rings. The second kappa shape index (κ2) is 6.76. The fraction of sp³-hybridized carbons (Fsp3) is 0.500. The van der Waals surface area contributed by atoms with E-state index < -0.39 is 5.54 Å². The zero-order chi connectivity index (χ0) is 16.3. The molecule has 1 aromatic carbocycles. The predicted molar refractivity (Wildman–Crippen MR) is 85.3 cm³/mol. The van der Waals surface area contributed by atoms with Gasteiger partial charge in [0.1, 0.15) is 11.4 Å². The number of amides is 1. The van der Waals surface area contributed by atoms with E-state index in [0.717, 1.165) is 17.3 Å². The third-order valence-corrected chi connectivity index (χ3v) is 4.38. The summed E-state index contributed by atoms with van der Waals surface area (Å²) >= 11 is 3.31. The lowest BCUT2D eigenvalue weighted by Crippen LogP contribution is -2.49. The average Bonchev–Trinajstić information content (AvgIpc) is 3.27. The Morgan fingerprint density at radius 2 is 2.27 bits per heavy atom. The largest absolute Gasteiger partial charge is 0.337 e. The number of nitrogens with one attached hydrogen (secondary N) is 1. The maximum Gasteiger partial charge on any atom is 0.235 e. The van der Waals surface area contributed by atoms with Crippen LogP contribution in [0.4, 0.5) is 4.39 Å². The molecule has 1 saturated carbocycles. The van der Waals surface area contributed by atoms with Gasteiger partial charge in [0.15, 0.2) is 0 Å². The van der Waals surface area contributed by atoms with Crippen LogP contribution in [0.25, 0.3) is 0 Å². The molecule has 1 N–H and O–H groups in total. The van der Waals surface area contributed by atoms with Crippen molar-refractivity contribution in [3.8, 4) is 6.07 Å². The lowest BCUT2D eigenvalue weighted by atomic mass is 9.98. The molecule has 2 rings (SSSR count). The fourth-order valence-electron chi connectivity index (χ4n) is 2.47. The van der Waals surface area contributed by atoms with Gasteiger partial charge in [0, 0.05) is 16.6 Å². The molecule has 0 saturated heterocycles. The van der Waals surface area contributed by atoms with E-state index in [1.54, 1.807) is 31.0 Å². The molecule has 0 unspecified atom stereocenters. The highest BCUT2D eigenvalue weighted by Crippen LogP contribution is 2.39. The summed E-state index contributed by atoms with van der Waals surface area (Å²) in [5.41, 5.74) is -0.270. The number of nitrogens with zero attached hydrogens (tertiary/aromatic N) is 2. The van der Waals surface area contributed by atoms with E-state index in [4.69, 9.17) is 0 Å². The van der Waals surface area contributed by atoms with Crippen molar-refractivity contribution < 1.29 is 9.18 Å². The summed E-state index contributed by atoms with van der Waals surface area (Å²) < 4.78 is 14.5. The van der Waals surface area contributed by atoms with Crippen LogP contribution in [0.5, 0.6) is 0 Å². The molecule has 1 aliphatic carbocycles. The zero-order valence-electron chi connectivity index (χ0n) is 12.7. The van der Waals surface area contributed by atoms with Gasteiger partial charge in [0.2, 0.25) is 5.91 Å². The van der Waals surface area contributed by atoms with Crippen LogP contribution in [0.1, 0.15) is 25.3 Å². The van der Waals surface area contributed by atoms with Gasteiger partial charge < -0.3 is 5.32 Å². The van der Waals surface area contributed by atoms with Crippen LogP contribution in [-0.2, 0) is 11.3 Å². The van der Waals surface area contributed by atoms with Crippen LogP contribution < -0.4 is 5.32 Å². The standard InChI is InChI=1S/C16H19BrFN3O/c1-16(10-19,12-3-4-12)20-15(22)9-21(2)8-11-7-13(17)5-6-14(11)18/h5-7,12H,3-4,8-9H2,1-2H3,(H,20,22)/t16-/m1/s1. The van der Waals surface area contributed by atoms with Gasteiger partial charge in [-0.25, -0.2) is 4.39 Å². The molecular weight excluding hydrogens is 349 g/mol. The van der Waals surface area contributed by atoms with E-state index >= 15 is 0 Å². The Balaban J connectivity index is 1.91. The third kappa shape index (κ3) is 4.28. The Labute approximate surface area is 138 Å². The Kier molecular flexibility index (Phi) is 5.20. The van der Waals surface area contributed by atoms with Gasteiger partial charge in [0.05, 0.1) is 12.6 Å². The number of carbonyl (C=O) groups is 1. The first-order valence-electron chi connectivity index (χ1n) is 7.19. The minimum atomic E-state index is -0.793.